The fourth-order valence-electron chi connectivity index (χ4n) is 7.76. The van der Waals surface area contributed by atoms with Gasteiger partial charge in [-0.3, -0.25) is 9.69 Å². The number of alkyl halides is 3. The molecule has 5 fully saturated rings. The van der Waals surface area contributed by atoms with Gasteiger partial charge in [0, 0.05) is 75.8 Å². The lowest BCUT2D eigenvalue weighted by Gasteiger charge is -2.44. The second kappa shape index (κ2) is 7.91. The molecule has 0 radical (unpaired) electrons. The van der Waals surface area contributed by atoms with Crippen molar-refractivity contribution in [2.45, 2.75) is 62.4 Å². The summed E-state index contributed by atoms with van der Waals surface area (Å²) in [6, 6.07) is 1.48. The van der Waals surface area contributed by atoms with E-state index in [9.17, 15) is 22.8 Å². The maximum Gasteiger partial charge on any atom is 0.418 e. The van der Waals surface area contributed by atoms with Crippen LogP contribution in [0, 0.1) is 5.41 Å². The van der Waals surface area contributed by atoms with E-state index >= 15 is 0 Å². The molecular formula is C26H30F3N5O4. The Kier molecular flexibility index (Phi) is 5.06. The maximum absolute atomic E-state index is 14.0. The summed E-state index contributed by atoms with van der Waals surface area (Å²) in [7, 11) is 0. The van der Waals surface area contributed by atoms with Gasteiger partial charge in [0.25, 0.3) is 5.91 Å². The largest absolute Gasteiger partial charge is 0.450 e. The van der Waals surface area contributed by atoms with E-state index in [1.807, 2.05) is 4.90 Å². The Balaban J connectivity index is 1.09. The Labute approximate surface area is 217 Å². The topological polar surface area (TPSA) is 88.1 Å². The van der Waals surface area contributed by atoms with Gasteiger partial charge in [0.2, 0.25) is 0 Å². The smallest absolute Gasteiger partial charge is 0.418 e. The number of carbonyl (C=O) groups excluding carboxylic acids is 2. The van der Waals surface area contributed by atoms with Gasteiger partial charge in [-0.1, -0.05) is 0 Å². The quantitative estimate of drug-likeness (QED) is 0.547. The molecule has 0 N–H and O–H groups in total. The van der Waals surface area contributed by atoms with E-state index in [4.69, 9.17) is 9.47 Å². The highest BCUT2D eigenvalue weighted by molar-refractivity contribution is 6.07. The summed E-state index contributed by atoms with van der Waals surface area (Å²) in [6.07, 6.45) is 0.149. The molecule has 1 aromatic heterocycles. The third kappa shape index (κ3) is 3.31. The highest BCUT2D eigenvalue weighted by atomic mass is 19.4. The van der Waals surface area contributed by atoms with Crippen LogP contribution in [-0.4, -0.2) is 95.0 Å². The van der Waals surface area contributed by atoms with Crippen molar-refractivity contribution in [2.75, 3.05) is 50.8 Å². The lowest BCUT2D eigenvalue weighted by molar-refractivity contribution is -0.152. The molecule has 5 aliphatic heterocycles. The van der Waals surface area contributed by atoms with Crippen LogP contribution in [0.1, 0.15) is 44.6 Å². The number of esters is 1. The van der Waals surface area contributed by atoms with E-state index in [2.05, 4.69) is 15.1 Å². The second-order valence-corrected chi connectivity index (χ2v) is 11.8. The summed E-state index contributed by atoms with van der Waals surface area (Å²) in [6.45, 7) is 6.11. The minimum absolute atomic E-state index is 0.143. The molecule has 9 nitrogen and oxygen atoms in total. The zero-order valence-corrected chi connectivity index (χ0v) is 21.2. The average Bonchev–Trinajstić information content (AvgIpc) is 3.14. The van der Waals surface area contributed by atoms with Crippen molar-refractivity contribution in [1.29, 1.82) is 0 Å². The van der Waals surface area contributed by atoms with Gasteiger partial charge in [0.1, 0.15) is 5.60 Å². The van der Waals surface area contributed by atoms with Crippen molar-refractivity contribution in [3.05, 3.63) is 29.0 Å². The fourth-order valence-corrected chi connectivity index (χ4v) is 7.76. The van der Waals surface area contributed by atoms with E-state index in [0.29, 0.717) is 49.7 Å². The summed E-state index contributed by atoms with van der Waals surface area (Å²) in [4.78, 5) is 32.8. The number of nitrogens with zero attached hydrogens (tertiary/aromatic N) is 5. The number of hydrogen-bond acceptors (Lipinski definition) is 8. The zero-order chi connectivity index (χ0) is 26.5. The van der Waals surface area contributed by atoms with E-state index in [1.54, 1.807) is 11.8 Å². The minimum Gasteiger partial charge on any atom is -0.450 e. The highest BCUT2D eigenvalue weighted by Gasteiger charge is 2.83. The first-order valence-corrected chi connectivity index (χ1v) is 13.3. The predicted molar refractivity (Wildman–Crippen MR) is 127 cm³/mol. The zero-order valence-electron chi connectivity index (χ0n) is 21.2. The molecule has 0 bridgehead atoms. The maximum atomic E-state index is 14.0. The standard InChI is InChI=1S/C26H30F3N5O4/c1-16-20(24(38-22(16)36)4-6-32(7-5-24)18-2-8-37-9-3-18)21(35)33-13-23-12-25(23,15-33)34(14-23)19-10-17(11-30-31-19)26(27,28)29/h10-11,18H,2-9,12-15H2,1H3/t23-,25?/m1/s1. The van der Waals surface area contributed by atoms with Crippen LogP contribution in [0.3, 0.4) is 0 Å². The minimum atomic E-state index is -4.50. The molecule has 4 saturated heterocycles. The van der Waals surface area contributed by atoms with Gasteiger partial charge in [-0.05, 0) is 32.3 Å². The van der Waals surface area contributed by atoms with Gasteiger partial charge in [0.15, 0.2) is 5.82 Å². The van der Waals surface area contributed by atoms with Crippen LogP contribution >= 0.6 is 0 Å². The molecule has 1 aliphatic carbocycles. The summed E-state index contributed by atoms with van der Waals surface area (Å²) >= 11 is 0. The molecular weight excluding hydrogens is 503 g/mol. The van der Waals surface area contributed by atoms with Gasteiger partial charge < -0.3 is 19.3 Å². The third-order valence-electron chi connectivity index (χ3n) is 9.90. The monoisotopic (exact) mass is 533 g/mol. The Bertz CT molecular complexity index is 1240. The number of halogens is 3. The van der Waals surface area contributed by atoms with Crippen molar-refractivity contribution in [2.24, 2.45) is 5.41 Å². The number of ether oxygens (including phenoxy) is 2. The molecule has 1 unspecified atom stereocenters. The van der Waals surface area contributed by atoms with Gasteiger partial charge in [-0.25, -0.2) is 4.79 Å². The molecule has 1 saturated carbocycles. The summed E-state index contributed by atoms with van der Waals surface area (Å²) in [5.74, 6) is -0.429. The SMILES string of the molecule is CC1=C(C(=O)N2CC34C[C@@]3(C2)CN4c2cc(C(F)(F)F)cnn2)C2(CCN(C3CCOCC3)CC2)OC1=O. The Morgan fingerprint density at radius 3 is 2.58 bits per heavy atom. The fraction of sp³-hybridized carbons (Fsp3) is 0.692. The highest BCUT2D eigenvalue weighted by Crippen LogP contribution is 2.73. The second-order valence-electron chi connectivity index (χ2n) is 11.8. The average molecular weight is 534 g/mol. The van der Waals surface area contributed by atoms with Crippen LogP contribution in [0.2, 0.25) is 0 Å². The van der Waals surface area contributed by atoms with Gasteiger partial charge in [-0.15, -0.1) is 5.10 Å². The number of rotatable bonds is 3. The molecule has 204 valence electrons. The third-order valence-corrected chi connectivity index (χ3v) is 9.90. The Morgan fingerprint density at radius 2 is 1.87 bits per heavy atom. The number of amides is 1. The first kappa shape index (κ1) is 24.3. The van der Waals surface area contributed by atoms with Crippen LogP contribution in [0.15, 0.2) is 23.4 Å². The van der Waals surface area contributed by atoms with Crippen LogP contribution in [0.4, 0.5) is 19.0 Å². The van der Waals surface area contributed by atoms with Crippen molar-refractivity contribution in [3.63, 3.8) is 0 Å². The van der Waals surface area contributed by atoms with E-state index in [0.717, 1.165) is 57.8 Å². The Morgan fingerprint density at radius 1 is 1.13 bits per heavy atom. The van der Waals surface area contributed by atoms with Crippen molar-refractivity contribution in [3.8, 4) is 0 Å². The number of piperidine rings is 2. The molecule has 7 rings (SSSR count). The molecule has 1 spiro atoms. The first-order valence-electron chi connectivity index (χ1n) is 13.3. The van der Waals surface area contributed by atoms with Gasteiger partial charge in [0.05, 0.1) is 22.9 Å². The number of carbonyl (C=O) groups is 2. The van der Waals surface area contributed by atoms with E-state index < -0.39 is 28.8 Å². The predicted octanol–water partition coefficient (Wildman–Crippen LogP) is 2.17. The molecule has 0 aromatic carbocycles. The lowest BCUT2D eigenvalue weighted by atomic mass is 9.81. The summed E-state index contributed by atoms with van der Waals surface area (Å²) in [5.41, 5.74) is -1.46. The van der Waals surface area contributed by atoms with Crippen molar-refractivity contribution < 1.29 is 32.2 Å². The van der Waals surface area contributed by atoms with E-state index in [1.165, 1.54) is 0 Å². The van der Waals surface area contributed by atoms with Gasteiger partial charge >= 0.3 is 12.1 Å². The van der Waals surface area contributed by atoms with Crippen LogP contribution in [0.25, 0.3) is 0 Å². The first-order chi connectivity index (χ1) is 18.1. The normalized spacial score (nSPS) is 32.8. The molecule has 38 heavy (non-hydrogen) atoms. The molecule has 12 heteroatoms. The van der Waals surface area contributed by atoms with Crippen molar-refractivity contribution in [1.82, 2.24) is 20.0 Å². The molecule has 2 atom stereocenters. The number of likely N-dealkylation sites (tertiary alicyclic amines) is 2. The molecule has 1 aromatic rings. The molecule has 6 heterocycles. The number of hydrogen-bond donors (Lipinski definition) is 0. The van der Waals surface area contributed by atoms with Crippen molar-refractivity contribution >= 4 is 17.7 Å². The van der Waals surface area contributed by atoms with E-state index in [-0.39, 0.29) is 17.1 Å². The van der Waals surface area contributed by atoms with Gasteiger partial charge in [-0.2, -0.15) is 18.3 Å². The van der Waals surface area contributed by atoms with Crippen LogP contribution in [-0.2, 0) is 25.2 Å². The summed E-state index contributed by atoms with van der Waals surface area (Å²) in [5, 5.41) is 7.56. The number of anilines is 1. The van der Waals surface area contributed by atoms with Crippen LogP contribution < -0.4 is 4.90 Å². The lowest BCUT2D eigenvalue weighted by Crippen LogP contribution is -2.56. The molecule has 1 amide bonds. The van der Waals surface area contributed by atoms with Crippen LogP contribution in [0.5, 0.6) is 0 Å². The molecule has 6 aliphatic rings. The number of aromatic nitrogens is 2. The Hall–Kier alpha value is -2.73. The summed E-state index contributed by atoms with van der Waals surface area (Å²) < 4.78 is 51.2.